The Morgan fingerprint density at radius 3 is 2.67 bits per heavy atom. The van der Waals surface area contributed by atoms with Gasteiger partial charge in [0.25, 0.3) is 5.91 Å². The average Bonchev–Trinajstić information content (AvgIpc) is 3.32. The molecule has 11 nitrogen and oxygen atoms in total. The minimum Gasteiger partial charge on any atom is -0.494 e. The van der Waals surface area contributed by atoms with Crippen molar-refractivity contribution in [3.63, 3.8) is 0 Å². The number of amides is 2. The number of benzene rings is 1. The van der Waals surface area contributed by atoms with Gasteiger partial charge in [-0.3, -0.25) is 9.59 Å². The molecule has 2 N–H and O–H groups in total. The Labute approximate surface area is 207 Å². The van der Waals surface area contributed by atoms with Crippen LogP contribution < -0.4 is 15.4 Å². The van der Waals surface area contributed by atoms with Crippen molar-refractivity contribution in [1.29, 1.82) is 0 Å². The van der Waals surface area contributed by atoms with Crippen molar-refractivity contribution < 1.29 is 18.7 Å². The molecule has 1 aromatic carbocycles. The molecule has 0 spiro atoms. The van der Waals surface area contributed by atoms with Crippen LogP contribution in [-0.2, 0) is 17.9 Å². The fourth-order valence-electron chi connectivity index (χ4n) is 4.32. The number of nitrogens with zero attached hydrogens (tertiary/aromatic N) is 6. The van der Waals surface area contributed by atoms with E-state index in [-0.39, 0.29) is 29.9 Å². The first kappa shape index (κ1) is 25.1. The van der Waals surface area contributed by atoms with Crippen molar-refractivity contribution in [2.24, 2.45) is 5.92 Å². The van der Waals surface area contributed by atoms with Crippen LogP contribution >= 0.6 is 0 Å². The zero-order valence-corrected chi connectivity index (χ0v) is 20.5. The molecule has 1 aliphatic rings. The van der Waals surface area contributed by atoms with Gasteiger partial charge >= 0.3 is 0 Å². The molecular formula is C24H29FN8O3. The number of hydrogen-bond donors (Lipinski definition) is 2. The number of rotatable bonds is 8. The molecule has 3 aromatic rings. The molecular weight excluding hydrogens is 467 g/mol. The van der Waals surface area contributed by atoms with Gasteiger partial charge in [0.15, 0.2) is 11.6 Å². The second-order valence-electron chi connectivity index (χ2n) is 8.92. The van der Waals surface area contributed by atoms with Gasteiger partial charge in [0.2, 0.25) is 11.7 Å². The zero-order chi connectivity index (χ0) is 25.7. The van der Waals surface area contributed by atoms with Gasteiger partial charge in [0.05, 0.1) is 13.7 Å². The third kappa shape index (κ3) is 6.37. The van der Waals surface area contributed by atoms with Crippen molar-refractivity contribution in [1.82, 2.24) is 40.8 Å². The molecule has 0 unspecified atom stereocenters. The molecule has 2 heterocycles. The molecule has 0 saturated heterocycles. The summed E-state index contributed by atoms with van der Waals surface area (Å²) in [5, 5.41) is 18.5. The molecule has 4 rings (SSSR count). The minimum absolute atomic E-state index is 0.00455. The molecule has 12 heteroatoms. The third-order valence-corrected chi connectivity index (χ3v) is 6.10. The highest BCUT2D eigenvalue weighted by Crippen LogP contribution is 2.25. The number of carbonyl (C=O) groups is 2. The Bertz CT molecular complexity index is 1240. The standard InChI is InChI=1S/C24H29FN8O3/c1-14-27-20(11-21(28-14)24(35)26-12-17-6-9-19(25)22(10-17)36-3)23-30-32-33(31-23)13-16-4-7-18(8-5-16)29-15(2)34/h6,9-11,16,18H,4-5,7-8,12-13H2,1-3H3,(H,26,35)(H,29,34)/t16-,18-. The van der Waals surface area contributed by atoms with E-state index >= 15 is 0 Å². The summed E-state index contributed by atoms with van der Waals surface area (Å²) in [4.78, 5) is 34.1. The Morgan fingerprint density at radius 1 is 1.17 bits per heavy atom. The summed E-state index contributed by atoms with van der Waals surface area (Å²) < 4.78 is 18.6. The lowest BCUT2D eigenvalue weighted by Gasteiger charge is -2.28. The Hall–Kier alpha value is -3.96. The molecule has 0 aliphatic heterocycles. The lowest BCUT2D eigenvalue weighted by atomic mass is 9.86. The molecule has 2 amide bonds. The molecule has 1 aliphatic carbocycles. The van der Waals surface area contributed by atoms with Gasteiger partial charge in [0.1, 0.15) is 17.2 Å². The van der Waals surface area contributed by atoms with Crippen molar-refractivity contribution >= 4 is 11.8 Å². The number of ether oxygens (including phenoxy) is 1. The van der Waals surface area contributed by atoms with Crippen LogP contribution in [0.5, 0.6) is 5.75 Å². The van der Waals surface area contributed by atoms with E-state index < -0.39 is 11.7 Å². The van der Waals surface area contributed by atoms with E-state index in [1.165, 1.54) is 25.3 Å². The molecule has 0 atom stereocenters. The van der Waals surface area contributed by atoms with E-state index in [1.807, 2.05) is 0 Å². The van der Waals surface area contributed by atoms with Crippen LogP contribution in [0, 0.1) is 18.7 Å². The summed E-state index contributed by atoms with van der Waals surface area (Å²) in [5.41, 5.74) is 1.25. The van der Waals surface area contributed by atoms with Crippen LogP contribution in [0.15, 0.2) is 24.3 Å². The smallest absolute Gasteiger partial charge is 0.270 e. The number of carbonyl (C=O) groups excluding carboxylic acids is 2. The van der Waals surface area contributed by atoms with E-state index in [2.05, 4.69) is 36.0 Å². The first-order valence-electron chi connectivity index (χ1n) is 11.8. The second-order valence-corrected chi connectivity index (χ2v) is 8.92. The SMILES string of the molecule is COc1cc(CNC(=O)c2cc(-c3nnn(C[C@H]4CC[C@H](NC(C)=O)CC4)n3)nc(C)n2)ccc1F. The Balaban J connectivity index is 1.38. The van der Waals surface area contributed by atoms with E-state index in [1.54, 1.807) is 24.7 Å². The summed E-state index contributed by atoms with van der Waals surface area (Å²) in [6, 6.07) is 6.14. The molecule has 1 fully saturated rings. The van der Waals surface area contributed by atoms with Gasteiger partial charge in [0, 0.05) is 19.5 Å². The Morgan fingerprint density at radius 2 is 1.94 bits per heavy atom. The predicted octanol–water partition coefficient (Wildman–Crippen LogP) is 2.21. The average molecular weight is 497 g/mol. The first-order valence-corrected chi connectivity index (χ1v) is 11.8. The van der Waals surface area contributed by atoms with Crippen LogP contribution in [0.1, 0.15) is 54.5 Å². The van der Waals surface area contributed by atoms with Crippen LogP contribution in [-0.4, -0.2) is 55.1 Å². The summed E-state index contributed by atoms with van der Waals surface area (Å²) in [7, 11) is 1.38. The maximum atomic E-state index is 13.6. The summed E-state index contributed by atoms with van der Waals surface area (Å²) >= 11 is 0. The van der Waals surface area contributed by atoms with E-state index in [0.717, 1.165) is 25.7 Å². The molecule has 0 radical (unpaired) electrons. The largest absolute Gasteiger partial charge is 0.494 e. The molecule has 36 heavy (non-hydrogen) atoms. The highest BCUT2D eigenvalue weighted by atomic mass is 19.1. The normalized spacial score (nSPS) is 17.4. The maximum absolute atomic E-state index is 13.6. The maximum Gasteiger partial charge on any atom is 0.270 e. The van der Waals surface area contributed by atoms with Gasteiger partial charge < -0.3 is 15.4 Å². The zero-order valence-electron chi connectivity index (χ0n) is 20.5. The van der Waals surface area contributed by atoms with Gasteiger partial charge in [-0.2, -0.15) is 4.80 Å². The quantitative estimate of drug-likeness (QED) is 0.484. The third-order valence-electron chi connectivity index (χ3n) is 6.10. The van der Waals surface area contributed by atoms with Gasteiger partial charge in [-0.1, -0.05) is 6.07 Å². The van der Waals surface area contributed by atoms with E-state index in [0.29, 0.717) is 35.4 Å². The van der Waals surface area contributed by atoms with Crippen LogP contribution in [0.3, 0.4) is 0 Å². The summed E-state index contributed by atoms with van der Waals surface area (Å²) in [6.45, 7) is 4.02. The van der Waals surface area contributed by atoms with Gasteiger partial charge in [-0.15, -0.1) is 10.2 Å². The Kier molecular flexibility index (Phi) is 7.81. The number of aromatic nitrogens is 6. The fourth-order valence-corrected chi connectivity index (χ4v) is 4.32. The van der Waals surface area contributed by atoms with Crippen LogP contribution in [0.2, 0.25) is 0 Å². The molecule has 0 bridgehead atoms. The topological polar surface area (TPSA) is 137 Å². The number of tetrazole rings is 1. The highest BCUT2D eigenvalue weighted by molar-refractivity contribution is 5.93. The van der Waals surface area contributed by atoms with Crippen molar-refractivity contribution in [3.05, 3.63) is 47.2 Å². The molecule has 190 valence electrons. The summed E-state index contributed by atoms with van der Waals surface area (Å²) in [6.07, 6.45) is 3.80. The second kappa shape index (κ2) is 11.2. The predicted molar refractivity (Wildman–Crippen MR) is 127 cm³/mol. The lowest BCUT2D eigenvalue weighted by Crippen LogP contribution is -2.36. The first-order chi connectivity index (χ1) is 17.3. The minimum atomic E-state index is -0.470. The number of hydrogen-bond acceptors (Lipinski definition) is 8. The van der Waals surface area contributed by atoms with Crippen molar-refractivity contribution in [2.75, 3.05) is 7.11 Å². The van der Waals surface area contributed by atoms with Crippen LogP contribution in [0.4, 0.5) is 4.39 Å². The monoisotopic (exact) mass is 496 g/mol. The number of halogens is 1. The molecule has 1 saturated carbocycles. The van der Waals surface area contributed by atoms with E-state index in [4.69, 9.17) is 4.74 Å². The number of aryl methyl sites for hydroxylation is 1. The number of methoxy groups -OCH3 is 1. The van der Waals surface area contributed by atoms with Crippen LogP contribution in [0.25, 0.3) is 11.5 Å². The lowest BCUT2D eigenvalue weighted by molar-refractivity contribution is -0.119. The van der Waals surface area contributed by atoms with Crippen molar-refractivity contribution in [2.45, 2.75) is 58.7 Å². The van der Waals surface area contributed by atoms with Gasteiger partial charge in [-0.25, -0.2) is 14.4 Å². The fraction of sp³-hybridized carbons (Fsp3) is 0.458. The van der Waals surface area contributed by atoms with Gasteiger partial charge in [-0.05, 0) is 67.5 Å². The van der Waals surface area contributed by atoms with Crippen molar-refractivity contribution in [3.8, 4) is 17.3 Å². The number of nitrogens with one attached hydrogen (secondary N) is 2. The molecule has 2 aromatic heterocycles. The van der Waals surface area contributed by atoms with E-state index in [9.17, 15) is 14.0 Å². The summed E-state index contributed by atoms with van der Waals surface area (Å²) in [5.74, 6) is 0.339. The highest BCUT2D eigenvalue weighted by Gasteiger charge is 2.23.